The van der Waals surface area contributed by atoms with E-state index < -0.39 is 4.92 Å². The van der Waals surface area contributed by atoms with Gasteiger partial charge in [-0.05, 0) is 17.7 Å². The van der Waals surface area contributed by atoms with E-state index in [1.165, 1.54) is 18.3 Å². The molecule has 0 atom stereocenters. The molecule has 2 aromatic rings. The van der Waals surface area contributed by atoms with Crippen LogP contribution in [-0.2, 0) is 17.8 Å². The summed E-state index contributed by atoms with van der Waals surface area (Å²) in [6, 6.07) is 9.42. The van der Waals surface area contributed by atoms with Crippen LogP contribution in [0.15, 0.2) is 42.6 Å². The van der Waals surface area contributed by atoms with Gasteiger partial charge < -0.3 is 11.1 Å². The Balaban J connectivity index is 1.86. The normalized spacial score (nSPS) is 10.1. The number of nitro benzene ring substituents is 1. The van der Waals surface area contributed by atoms with Gasteiger partial charge in [-0.3, -0.25) is 19.9 Å². The summed E-state index contributed by atoms with van der Waals surface area (Å²) >= 11 is 0. The lowest BCUT2D eigenvalue weighted by molar-refractivity contribution is -0.384. The Kier molecular flexibility index (Phi) is 4.45. The maximum atomic E-state index is 11.8. The van der Waals surface area contributed by atoms with Gasteiger partial charge in [0, 0.05) is 24.4 Å². The molecule has 0 aliphatic carbocycles. The second-order valence-electron chi connectivity index (χ2n) is 4.46. The van der Waals surface area contributed by atoms with Gasteiger partial charge in [0.25, 0.3) is 5.69 Å². The summed E-state index contributed by atoms with van der Waals surface area (Å²) in [4.78, 5) is 25.9. The van der Waals surface area contributed by atoms with Gasteiger partial charge in [-0.25, -0.2) is 0 Å². The fraction of sp³-hybridized carbons (Fsp3) is 0.143. The lowest BCUT2D eigenvalue weighted by Gasteiger charge is -2.05. The summed E-state index contributed by atoms with van der Waals surface area (Å²) in [6.07, 6.45) is 1.66. The van der Waals surface area contributed by atoms with Gasteiger partial charge in [0.05, 0.1) is 23.2 Å². The third-order valence-corrected chi connectivity index (χ3v) is 2.83. The van der Waals surface area contributed by atoms with Crippen molar-refractivity contribution in [1.29, 1.82) is 0 Å². The van der Waals surface area contributed by atoms with Crippen LogP contribution in [0.3, 0.4) is 0 Å². The van der Waals surface area contributed by atoms with Gasteiger partial charge in [0.2, 0.25) is 5.91 Å². The van der Waals surface area contributed by atoms with Gasteiger partial charge in [-0.15, -0.1) is 0 Å². The van der Waals surface area contributed by atoms with Crippen LogP contribution in [0, 0.1) is 10.1 Å². The van der Waals surface area contributed by atoms with E-state index in [2.05, 4.69) is 10.3 Å². The Morgan fingerprint density at radius 2 is 1.95 bits per heavy atom. The van der Waals surface area contributed by atoms with Crippen LogP contribution < -0.4 is 11.1 Å². The van der Waals surface area contributed by atoms with Crippen LogP contribution in [0.1, 0.15) is 11.3 Å². The number of carbonyl (C=O) groups excluding carboxylic acids is 1. The Labute approximate surface area is 121 Å². The number of nitrogen functional groups attached to an aromatic ring is 1. The average Bonchev–Trinajstić information content (AvgIpc) is 2.48. The number of hydrogen-bond acceptors (Lipinski definition) is 5. The maximum Gasteiger partial charge on any atom is 0.269 e. The number of rotatable bonds is 5. The Bertz CT molecular complexity index is 638. The summed E-state index contributed by atoms with van der Waals surface area (Å²) in [5.41, 5.74) is 7.51. The predicted octanol–water partition coefficient (Wildman–Crippen LogP) is 1.43. The van der Waals surface area contributed by atoms with Gasteiger partial charge in [-0.2, -0.15) is 0 Å². The van der Waals surface area contributed by atoms with E-state index in [4.69, 9.17) is 5.73 Å². The van der Waals surface area contributed by atoms with Gasteiger partial charge in [0.1, 0.15) is 0 Å². The highest BCUT2D eigenvalue weighted by Gasteiger charge is 2.06. The standard InChI is InChI=1S/C14H14N4O3/c15-11-3-4-12(16-9-11)7-14(19)17-8-10-1-5-13(6-2-10)18(20)21/h1-6,9H,7-8,15H2,(H,17,19). The summed E-state index contributed by atoms with van der Waals surface area (Å²) < 4.78 is 0. The number of non-ortho nitro benzene ring substituents is 1. The van der Waals surface area contributed by atoms with E-state index in [1.807, 2.05) is 0 Å². The predicted molar refractivity (Wildman–Crippen MR) is 77.3 cm³/mol. The molecular formula is C14H14N4O3. The van der Waals surface area contributed by atoms with E-state index >= 15 is 0 Å². The molecule has 2 rings (SSSR count). The first-order valence-corrected chi connectivity index (χ1v) is 6.25. The highest BCUT2D eigenvalue weighted by Crippen LogP contribution is 2.11. The maximum absolute atomic E-state index is 11.8. The van der Waals surface area contributed by atoms with Crippen LogP contribution >= 0.6 is 0 Å². The summed E-state index contributed by atoms with van der Waals surface area (Å²) in [6.45, 7) is 0.311. The van der Waals surface area contributed by atoms with Crippen molar-refractivity contribution in [3.8, 4) is 0 Å². The van der Waals surface area contributed by atoms with Gasteiger partial charge in [-0.1, -0.05) is 12.1 Å². The van der Waals surface area contributed by atoms with Crippen LogP contribution in [0.25, 0.3) is 0 Å². The summed E-state index contributed by atoms with van der Waals surface area (Å²) in [5, 5.41) is 13.3. The third kappa shape index (κ3) is 4.27. The molecule has 0 unspecified atom stereocenters. The topological polar surface area (TPSA) is 111 Å². The first-order chi connectivity index (χ1) is 10.0. The van der Waals surface area contributed by atoms with Crippen molar-refractivity contribution < 1.29 is 9.72 Å². The summed E-state index contributed by atoms with van der Waals surface area (Å²) in [5.74, 6) is -0.175. The van der Waals surface area contributed by atoms with Crippen LogP contribution in [0.4, 0.5) is 11.4 Å². The average molecular weight is 286 g/mol. The number of aromatic nitrogens is 1. The van der Waals surface area contributed by atoms with E-state index in [0.29, 0.717) is 17.9 Å². The lowest BCUT2D eigenvalue weighted by Crippen LogP contribution is -2.24. The van der Waals surface area contributed by atoms with Crippen LogP contribution in [0.5, 0.6) is 0 Å². The van der Waals surface area contributed by atoms with Crippen molar-refractivity contribution in [2.24, 2.45) is 0 Å². The fourth-order valence-corrected chi connectivity index (χ4v) is 1.70. The SMILES string of the molecule is Nc1ccc(CC(=O)NCc2ccc([N+](=O)[O-])cc2)nc1. The third-order valence-electron chi connectivity index (χ3n) is 2.83. The molecule has 0 saturated heterocycles. The zero-order valence-electron chi connectivity index (χ0n) is 11.2. The Hall–Kier alpha value is -2.96. The number of hydrogen-bond donors (Lipinski definition) is 2. The van der Waals surface area contributed by atoms with Crippen LogP contribution in [-0.4, -0.2) is 15.8 Å². The second kappa shape index (κ2) is 6.47. The van der Waals surface area contributed by atoms with Crippen molar-refractivity contribution in [3.05, 3.63) is 64.0 Å². The molecule has 1 aromatic carbocycles. The van der Waals surface area contributed by atoms with Crippen molar-refractivity contribution in [2.45, 2.75) is 13.0 Å². The molecular weight excluding hydrogens is 272 g/mol. The second-order valence-corrected chi connectivity index (χ2v) is 4.46. The minimum Gasteiger partial charge on any atom is -0.397 e. The number of nitrogens with one attached hydrogen (secondary N) is 1. The van der Waals surface area contributed by atoms with Gasteiger partial charge >= 0.3 is 0 Å². The van der Waals surface area contributed by atoms with E-state index in [9.17, 15) is 14.9 Å². The molecule has 3 N–H and O–H groups in total. The molecule has 108 valence electrons. The fourth-order valence-electron chi connectivity index (χ4n) is 1.70. The number of nitrogens with zero attached hydrogens (tertiary/aromatic N) is 2. The number of nitrogens with two attached hydrogens (primary N) is 1. The molecule has 1 heterocycles. The molecule has 0 bridgehead atoms. The molecule has 0 aliphatic heterocycles. The van der Waals surface area contributed by atoms with Crippen molar-refractivity contribution in [1.82, 2.24) is 10.3 Å². The number of amides is 1. The molecule has 7 nitrogen and oxygen atoms in total. The molecule has 0 fully saturated rings. The minimum absolute atomic E-state index is 0.0242. The number of carbonyl (C=O) groups is 1. The van der Waals surface area contributed by atoms with Crippen molar-refractivity contribution >= 4 is 17.3 Å². The largest absolute Gasteiger partial charge is 0.397 e. The minimum atomic E-state index is -0.463. The van der Waals surface area contributed by atoms with E-state index in [1.54, 1.807) is 24.3 Å². The van der Waals surface area contributed by atoms with E-state index in [0.717, 1.165) is 5.56 Å². The molecule has 0 aliphatic rings. The molecule has 1 aromatic heterocycles. The van der Waals surface area contributed by atoms with Gasteiger partial charge in [0.15, 0.2) is 0 Å². The highest BCUT2D eigenvalue weighted by atomic mass is 16.6. The van der Waals surface area contributed by atoms with Crippen LogP contribution in [0.2, 0.25) is 0 Å². The number of benzene rings is 1. The monoisotopic (exact) mass is 286 g/mol. The number of anilines is 1. The van der Waals surface area contributed by atoms with Crippen molar-refractivity contribution in [3.63, 3.8) is 0 Å². The first-order valence-electron chi connectivity index (χ1n) is 6.25. The molecule has 0 spiro atoms. The smallest absolute Gasteiger partial charge is 0.269 e. The Morgan fingerprint density at radius 3 is 2.52 bits per heavy atom. The Morgan fingerprint density at radius 1 is 1.24 bits per heavy atom. The summed E-state index contributed by atoms with van der Waals surface area (Å²) in [7, 11) is 0. The molecule has 0 saturated carbocycles. The number of pyridine rings is 1. The number of nitro groups is 1. The van der Waals surface area contributed by atoms with Crippen molar-refractivity contribution in [2.75, 3.05) is 5.73 Å². The zero-order chi connectivity index (χ0) is 15.2. The highest BCUT2D eigenvalue weighted by molar-refractivity contribution is 5.78. The molecule has 0 radical (unpaired) electrons. The van der Waals surface area contributed by atoms with E-state index in [-0.39, 0.29) is 18.0 Å². The molecule has 21 heavy (non-hydrogen) atoms. The lowest BCUT2D eigenvalue weighted by atomic mass is 10.2. The molecule has 1 amide bonds. The zero-order valence-corrected chi connectivity index (χ0v) is 11.2. The molecule has 7 heteroatoms. The quantitative estimate of drug-likeness (QED) is 0.638. The first kappa shape index (κ1) is 14.4.